The highest BCUT2D eigenvalue weighted by atomic mass is 16.6. The van der Waals surface area contributed by atoms with Crippen LogP contribution in [0.25, 0.3) is 0 Å². The number of ether oxygens (including phenoxy) is 3. The first-order valence-electron chi connectivity index (χ1n) is 19.2. The lowest BCUT2D eigenvalue weighted by Crippen LogP contribution is -2.45. The van der Waals surface area contributed by atoms with Crippen LogP contribution >= 0.6 is 0 Å². The summed E-state index contributed by atoms with van der Waals surface area (Å²) in [5, 5.41) is 20.3. The zero-order valence-corrected chi connectivity index (χ0v) is 30.7. The van der Waals surface area contributed by atoms with Gasteiger partial charge in [0.15, 0.2) is 12.2 Å². The molecule has 4 atom stereocenters. The molecule has 1 aliphatic rings. The fourth-order valence-corrected chi connectivity index (χ4v) is 5.51. The van der Waals surface area contributed by atoms with Crippen molar-refractivity contribution in [3.8, 4) is 0 Å². The van der Waals surface area contributed by atoms with Crippen molar-refractivity contribution in [1.82, 2.24) is 0 Å². The van der Waals surface area contributed by atoms with Gasteiger partial charge in [0.25, 0.3) is 0 Å². The Hall–Kier alpha value is -2.74. The number of aliphatic hydroxyl groups excluding tert-OH is 2. The summed E-state index contributed by atoms with van der Waals surface area (Å²) in [5.74, 6) is -0.829. The van der Waals surface area contributed by atoms with E-state index in [1.807, 2.05) is 0 Å². The summed E-state index contributed by atoms with van der Waals surface area (Å²) in [6.45, 7) is 3.77. The van der Waals surface area contributed by atoms with Gasteiger partial charge in [-0.05, 0) is 77.0 Å². The van der Waals surface area contributed by atoms with E-state index in [2.05, 4.69) is 86.8 Å². The minimum atomic E-state index is -1.03. The molecule has 0 aromatic carbocycles. The Balaban J connectivity index is 2.17. The molecular formula is C42H68O7. The SMILES string of the molecule is CC/C=C\C/C=C\C/C=C\CCCCCCCC(=O)O[C@H]1[C@@H]([C@@H](CO)OC(=O)CCCCCCC/C=C\C/C=C\C/C=C\CC)OC[C@@H]1O. The van der Waals surface area contributed by atoms with Gasteiger partial charge in [0.1, 0.15) is 12.2 Å². The molecule has 0 bridgehead atoms. The van der Waals surface area contributed by atoms with Crippen LogP contribution in [0.4, 0.5) is 0 Å². The Morgan fingerprint density at radius 2 is 1.06 bits per heavy atom. The average molecular weight is 685 g/mol. The minimum absolute atomic E-state index is 0.0414. The van der Waals surface area contributed by atoms with E-state index in [1.54, 1.807) is 0 Å². The zero-order chi connectivity index (χ0) is 35.6. The summed E-state index contributed by atoms with van der Waals surface area (Å²) in [4.78, 5) is 25.0. The molecule has 0 spiro atoms. The number of aliphatic hydroxyl groups is 2. The van der Waals surface area contributed by atoms with Crippen LogP contribution < -0.4 is 0 Å². The Labute approximate surface area is 298 Å². The molecule has 1 heterocycles. The van der Waals surface area contributed by atoms with Gasteiger partial charge in [-0.15, -0.1) is 0 Å². The number of allylic oxidation sites excluding steroid dienone is 12. The van der Waals surface area contributed by atoms with Gasteiger partial charge in [0, 0.05) is 12.8 Å². The van der Waals surface area contributed by atoms with E-state index >= 15 is 0 Å². The van der Waals surface area contributed by atoms with E-state index in [0.29, 0.717) is 12.8 Å². The molecule has 1 rings (SSSR count). The smallest absolute Gasteiger partial charge is 0.306 e. The van der Waals surface area contributed by atoms with Crippen molar-refractivity contribution in [2.24, 2.45) is 0 Å². The van der Waals surface area contributed by atoms with Gasteiger partial charge in [0.2, 0.25) is 0 Å². The summed E-state index contributed by atoms with van der Waals surface area (Å²) in [5.41, 5.74) is 0. The van der Waals surface area contributed by atoms with Crippen molar-refractivity contribution >= 4 is 11.9 Å². The van der Waals surface area contributed by atoms with Gasteiger partial charge in [-0.1, -0.05) is 125 Å². The van der Waals surface area contributed by atoms with Crippen molar-refractivity contribution < 1.29 is 34.0 Å². The number of hydrogen-bond donors (Lipinski definition) is 2. The zero-order valence-electron chi connectivity index (χ0n) is 30.7. The molecule has 1 fully saturated rings. The van der Waals surface area contributed by atoms with E-state index in [1.165, 1.54) is 0 Å². The number of carbonyl (C=O) groups is 2. The molecule has 0 aromatic rings. The maximum absolute atomic E-state index is 12.5. The van der Waals surface area contributed by atoms with Crippen LogP contribution in [0, 0.1) is 0 Å². The first kappa shape index (κ1) is 44.3. The molecule has 0 aromatic heterocycles. The highest BCUT2D eigenvalue weighted by Gasteiger charge is 2.45. The highest BCUT2D eigenvalue weighted by molar-refractivity contribution is 5.70. The molecule has 0 saturated carbocycles. The molecule has 7 nitrogen and oxygen atoms in total. The minimum Gasteiger partial charge on any atom is -0.457 e. The van der Waals surface area contributed by atoms with Crippen LogP contribution in [0.15, 0.2) is 72.9 Å². The van der Waals surface area contributed by atoms with Crippen LogP contribution in [-0.2, 0) is 23.8 Å². The average Bonchev–Trinajstić information content (AvgIpc) is 3.45. The molecule has 7 heteroatoms. The Morgan fingerprint density at radius 1 is 0.633 bits per heavy atom. The van der Waals surface area contributed by atoms with Crippen molar-refractivity contribution in [3.63, 3.8) is 0 Å². The Morgan fingerprint density at radius 3 is 1.55 bits per heavy atom. The van der Waals surface area contributed by atoms with Gasteiger partial charge < -0.3 is 24.4 Å². The lowest BCUT2D eigenvalue weighted by Gasteiger charge is -2.27. The van der Waals surface area contributed by atoms with Crippen LogP contribution in [0.1, 0.15) is 142 Å². The predicted octanol–water partition coefficient (Wildman–Crippen LogP) is 9.74. The quantitative estimate of drug-likeness (QED) is 0.0441. The van der Waals surface area contributed by atoms with E-state index < -0.39 is 43.0 Å². The van der Waals surface area contributed by atoms with Crippen molar-refractivity contribution in [2.45, 2.75) is 167 Å². The van der Waals surface area contributed by atoms with E-state index in [0.717, 1.165) is 103 Å². The van der Waals surface area contributed by atoms with Crippen molar-refractivity contribution in [2.75, 3.05) is 13.2 Å². The normalized spacial score (nSPS) is 19.1. The fraction of sp³-hybridized carbons (Fsp3) is 0.667. The first-order valence-corrected chi connectivity index (χ1v) is 19.2. The molecule has 0 radical (unpaired) electrons. The summed E-state index contributed by atoms with van der Waals surface area (Å²) >= 11 is 0. The molecule has 278 valence electrons. The van der Waals surface area contributed by atoms with Crippen LogP contribution in [0.5, 0.6) is 0 Å². The maximum Gasteiger partial charge on any atom is 0.306 e. The number of unbranched alkanes of at least 4 members (excludes halogenated alkanes) is 10. The lowest BCUT2D eigenvalue weighted by atomic mass is 10.1. The molecular weight excluding hydrogens is 616 g/mol. The standard InChI is InChI=1S/C42H68O7/c1-3-5-7-9-11-13-15-17-19-21-23-25-27-29-31-33-39(45)48-38(35-43)42-41(37(44)36-47-42)49-40(46)34-32-30-28-26-24-22-20-18-16-14-12-10-8-6-4-2/h5-8,11-14,17-20,37-38,41-44H,3-4,9-10,15-16,21-36H2,1-2H3/b7-5-,8-6-,13-11-,14-12-,19-17-,20-18-/t37-,38+,41+,42+/m0/s1. The second kappa shape index (κ2) is 32.5. The Bertz CT molecular complexity index is 993. The van der Waals surface area contributed by atoms with Crippen LogP contribution in [-0.4, -0.2) is 59.8 Å². The van der Waals surface area contributed by atoms with Crippen LogP contribution in [0.2, 0.25) is 0 Å². The lowest BCUT2D eigenvalue weighted by molar-refractivity contribution is -0.171. The fourth-order valence-electron chi connectivity index (χ4n) is 5.51. The third kappa shape index (κ3) is 25.0. The third-order valence-corrected chi connectivity index (χ3v) is 8.32. The predicted molar refractivity (Wildman–Crippen MR) is 201 cm³/mol. The molecule has 0 unspecified atom stereocenters. The van der Waals surface area contributed by atoms with Gasteiger partial charge >= 0.3 is 11.9 Å². The summed E-state index contributed by atoms with van der Waals surface area (Å²) < 4.78 is 16.7. The number of rotatable bonds is 30. The van der Waals surface area contributed by atoms with E-state index in [4.69, 9.17) is 14.2 Å². The maximum atomic E-state index is 12.5. The summed E-state index contributed by atoms with van der Waals surface area (Å²) in [6, 6.07) is 0. The number of hydrogen-bond acceptors (Lipinski definition) is 7. The Kier molecular flexibility index (Phi) is 29.3. The van der Waals surface area contributed by atoms with E-state index in [9.17, 15) is 19.8 Å². The monoisotopic (exact) mass is 684 g/mol. The number of esters is 2. The first-order chi connectivity index (χ1) is 24.0. The molecule has 2 N–H and O–H groups in total. The van der Waals surface area contributed by atoms with Gasteiger partial charge in [-0.25, -0.2) is 0 Å². The molecule has 1 aliphatic heterocycles. The highest BCUT2D eigenvalue weighted by Crippen LogP contribution is 2.24. The molecule has 49 heavy (non-hydrogen) atoms. The second-order valence-corrected chi connectivity index (χ2v) is 12.7. The van der Waals surface area contributed by atoms with Crippen molar-refractivity contribution in [1.29, 1.82) is 0 Å². The van der Waals surface area contributed by atoms with Crippen molar-refractivity contribution in [3.05, 3.63) is 72.9 Å². The summed E-state index contributed by atoms with van der Waals surface area (Å²) in [7, 11) is 0. The molecule has 1 saturated heterocycles. The summed E-state index contributed by atoms with van der Waals surface area (Å²) in [6.07, 6.45) is 41.2. The largest absolute Gasteiger partial charge is 0.457 e. The van der Waals surface area contributed by atoms with Crippen LogP contribution in [0.3, 0.4) is 0 Å². The topological polar surface area (TPSA) is 102 Å². The number of carbonyl (C=O) groups excluding carboxylic acids is 2. The van der Waals surface area contributed by atoms with Gasteiger partial charge in [-0.3, -0.25) is 9.59 Å². The van der Waals surface area contributed by atoms with Gasteiger partial charge in [0.05, 0.1) is 13.2 Å². The second-order valence-electron chi connectivity index (χ2n) is 12.7. The van der Waals surface area contributed by atoms with Gasteiger partial charge in [-0.2, -0.15) is 0 Å². The van der Waals surface area contributed by atoms with E-state index in [-0.39, 0.29) is 19.4 Å². The third-order valence-electron chi connectivity index (χ3n) is 8.32. The molecule has 0 aliphatic carbocycles. The molecule has 0 amide bonds.